The number of benzene rings is 1. The first-order valence-electron chi connectivity index (χ1n) is 4.20. The van der Waals surface area contributed by atoms with Gasteiger partial charge in [-0.05, 0) is 13.8 Å². The van der Waals surface area contributed by atoms with Gasteiger partial charge in [0.25, 0.3) is 0 Å². The number of methoxy groups -OCH3 is 1. The third kappa shape index (κ3) is 1.60. The molecule has 5 heteroatoms. The zero-order chi connectivity index (χ0) is 11.7. The Labute approximate surface area is 85.9 Å². The fraction of sp³-hybridized carbons (Fsp3) is 0.300. The Morgan fingerprint density at radius 2 is 1.87 bits per heavy atom. The van der Waals surface area contributed by atoms with Crippen LogP contribution in [0.4, 0.5) is 4.39 Å². The molecule has 1 aromatic carbocycles. The number of rotatable bonds is 2. The molecule has 2 N–H and O–H groups in total. The number of hydrogen-bond acceptors (Lipinski definition) is 3. The molecular formula is C10H11FO4. The zero-order valence-corrected chi connectivity index (χ0v) is 8.59. The summed E-state index contributed by atoms with van der Waals surface area (Å²) in [4.78, 5) is 10.8. The molecule has 0 saturated carbocycles. The van der Waals surface area contributed by atoms with Crippen LogP contribution >= 0.6 is 0 Å². The smallest absolute Gasteiger partial charge is 0.340 e. The fourth-order valence-corrected chi connectivity index (χ4v) is 1.47. The normalized spacial score (nSPS) is 10.1. The molecule has 0 saturated heterocycles. The fourth-order valence-electron chi connectivity index (χ4n) is 1.47. The molecular weight excluding hydrogens is 203 g/mol. The Hall–Kier alpha value is -1.78. The van der Waals surface area contributed by atoms with Crippen molar-refractivity contribution in [1.82, 2.24) is 0 Å². The van der Waals surface area contributed by atoms with Gasteiger partial charge < -0.3 is 14.9 Å². The molecule has 0 aliphatic rings. The Morgan fingerprint density at radius 1 is 1.33 bits per heavy atom. The Balaban J connectivity index is 3.68. The van der Waals surface area contributed by atoms with Crippen LogP contribution in [-0.2, 0) is 0 Å². The van der Waals surface area contributed by atoms with Crippen LogP contribution in [0.2, 0.25) is 0 Å². The molecule has 0 atom stereocenters. The number of carbonyl (C=O) groups is 1. The molecule has 0 heterocycles. The van der Waals surface area contributed by atoms with E-state index in [1.54, 1.807) is 0 Å². The van der Waals surface area contributed by atoms with Crippen molar-refractivity contribution in [3.8, 4) is 11.5 Å². The lowest BCUT2D eigenvalue weighted by Crippen LogP contribution is -2.06. The summed E-state index contributed by atoms with van der Waals surface area (Å²) in [7, 11) is 1.24. The van der Waals surface area contributed by atoms with Crippen molar-refractivity contribution in [3.05, 3.63) is 22.5 Å². The van der Waals surface area contributed by atoms with Gasteiger partial charge in [0.15, 0.2) is 11.5 Å². The molecule has 0 spiro atoms. The van der Waals surface area contributed by atoms with Gasteiger partial charge in [-0.15, -0.1) is 0 Å². The summed E-state index contributed by atoms with van der Waals surface area (Å²) in [6, 6.07) is 0. The van der Waals surface area contributed by atoms with E-state index in [2.05, 4.69) is 0 Å². The maximum atomic E-state index is 13.5. The number of aromatic hydroxyl groups is 1. The third-order valence-corrected chi connectivity index (χ3v) is 2.24. The van der Waals surface area contributed by atoms with E-state index in [0.29, 0.717) is 0 Å². The summed E-state index contributed by atoms with van der Waals surface area (Å²) in [6.07, 6.45) is 0. The largest absolute Gasteiger partial charge is 0.504 e. The molecule has 0 unspecified atom stereocenters. The maximum absolute atomic E-state index is 13.5. The topological polar surface area (TPSA) is 66.8 Å². The van der Waals surface area contributed by atoms with E-state index >= 15 is 0 Å². The van der Waals surface area contributed by atoms with Crippen LogP contribution in [0, 0.1) is 19.7 Å². The van der Waals surface area contributed by atoms with Crippen molar-refractivity contribution in [1.29, 1.82) is 0 Å². The predicted molar refractivity (Wildman–Crippen MR) is 51.1 cm³/mol. The highest BCUT2D eigenvalue weighted by Crippen LogP contribution is 2.37. The van der Waals surface area contributed by atoms with Crippen molar-refractivity contribution < 1.29 is 24.1 Å². The predicted octanol–water partition coefficient (Wildman–Crippen LogP) is 1.85. The molecule has 1 aromatic rings. The Kier molecular flexibility index (Phi) is 2.83. The van der Waals surface area contributed by atoms with E-state index in [-0.39, 0.29) is 16.9 Å². The molecule has 0 amide bonds. The SMILES string of the molecule is COc1c(C)c(F)c(C)c(C(=O)O)c1O. The number of carboxylic acid groups (broad SMARTS) is 1. The minimum absolute atomic E-state index is 0.0949. The summed E-state index contributed by atoms with van der Waals surface area (Å²) in [5.74, 6) is -2.75. The van der Waals surface area contributed by atoms with Crippen molar-refractivity contribution in [2.24, 2.45) is 0 Å². The van der Waals surface area contributed by atoms with Gasteiger partial charge in [0.2, 0.25) is 0 Å². The van der Waals surface area contributed by atoms with Crippen LogP contribution in [-0.4, -0.2) is 23.3 Å². The van der Waals surface area contributed by atoms with Gasteiger partial charge in [0.1, 0.15) is 11.4 Å². The summed E-state index contributed by atoms with van der Waals surface area (Å²) in [6.45, 7) is 2.71. The molecule has 0 fully saturated rings. The van der Waals surface area contributed by atoms with E-state index in [9.17, 15) is 14.3 Å². The third-order valence-electron chi connectivity index (χ3n) is 2.24. The van der Waals surface area contributed by atoms with Crippen LogP contribution in [0.1, 0.15) is 21.5 Å². The van der Waals surface area contributed by atoms with Crippen molar-refractivity contribution in [2.75, 3.05) is 7.11 Å². The Bertz CT molecular complexity index is 426. The summed E-state index contributed by atoms with van der Waals surface area (Å²) < 4.78 is 18.3. The van der Waals surface area contributed by atoms with Crippen molar-refractivity contribution in [3.63, 3.8) is 0 Å². The second-order valence-electron chi connectivity index (χ2n) is 3.13. The van der Waals surface area contributed by atoms with Crippen LogP contribution in [0.5, 0.6) is 11.5 Å². The number of phenols is 1. The summed E-state index contributed by atoms with van der Waals surface area (Å²) in [5.41, 5.74) is -0.467. The molecule has 0 aliphatic heterocycles. The van der Waals surface area contributed by atoms with Gasteiger partial charge in [-0.25, -0.2) is 9.18 Å². The molecule has 4 nitrogen and oxygen atoms in total. The average molecular weight is 214 g/mol. The van der Waals surface area contributed by atoms with Gasteiger partial charge in [-0.3, -0.25) is 0 Å². The van der Waals surface area contributed by atoms with Crippen LogP contribution in [0.3, 0.4) is 0 Å². The van der Waals surface area contributed by atoms with Crippen LogP contribution < -0.4 is 4.74 Å². The minimum Gasteiger partial charge on any atom is -0.504 e. The summed E-state index contributed by atoms with van der Waals surface area (Å²) >= 11 is 0. The van der Waals surface area contributed by atoms with Gasteiger partial charge in [0, 0.05) is 11.1 Å². The van der Waals surface area contributed by atoms with Crippen LogP contribution in [0.25, 0.3) is 0 Å². The molecule has 82 valence electrons. The first-order valence-corrected chi connectivity index (χ1v) is 4.20. The number of aromatic carboxylic acids is 1. The highest BCUT2D eigenvalue weighted by atomic mass is 19.1. The molecule has 0 bridgehead atoms. The van der Waals surface area contributed by atoms with Gasteiger partial charge in [-0.2, -0.15) is 0 Å². The number of ether oxygens (including phenoxy) is 1. The monoisotopic (exact) mass is 214 g/mol. The molecule has 0 aliphatic carbocycles. The number of halogens is 1. The minimum atomic E-state index is -1.39. The lowest BCUT2D eigenvalue weighted by atomic mass is 10.0. The van der Waals surface area contributed by atoms with Crippen LogP contribution in [0.15, 0.2) is 0 Å². The van der Waals surface area contributed by atoms with Crippen molar-refractivity contribution >= 4 is 5.97 Å². The quantitative estimate of drug-likeness (QED) is 0.788. The highest BCUT2D eigenvalue weighted by molar-refractivity contribution is 5.94. The number of carboxylic acids is 1. The summed E-state index contributed by atoms with van der Waals surface area (Å²) in [5, 5.41) is 18.4. The second kappa shape index (κ2) is 3.76. The van der Waals surface area contributed by atoms with Gasteiger partial charge in [-0.1, -0.05) is 0 Å². The maximum Gasteiger partial charge on any atom is 0.340 e. The van der Waals surface area contributed by atoms with E-state index in [4.69, 9.17) is 9.84 Å². The van der Waals surface area contributed by atoms with E-state index in [1.807, 2.05) is 0 Å². The van der Waals surface area contributed by atoms with E-state index in [1.165, 1.54) is 21.0 Å². The van der Waals surface area contributed by atoms with Gasteiger partial charge in [0.05, 0.1) is 7.11 Å². The lowest BCUT2D eigenvalue weighted by molar-refractivity contribution is 0.0691. The zero-order valence-electron chi connectivity index (χ0n) is 8.59. The Morgan fingerprint density at radius 3 is 2.27 bits per heavy atom. The highest BCUT2D eigenvalue weighted by Gasteiger charge is 2.24. The lowest BCUT2D eigenvalue weighted by Gasteiger charge is -2.13. The molecule has 0 aromatic heterocycles. The first kappa shape index (κ1) is 11.3. The second-order valence-corrected chi connectivity index (χ2v) is 3.13. The molecule has 1 rings (SSSR count). The molecule has 15 heavy (non-hydrogen) atoms. The van der Waals surface area contributed by atoms with E-state index < -0.39 is 23.1 Å². The van der Waals surface area contributed by atoms with E-state index in [0.717, 1.165) is 0 Å². The van der Waals surface area contributed by atoms with Gasteiger partial charge >= 0.3 is 5.97 Å². The standard InChI is InChI=1S/C10H11FO4/c1-4-6(10(13)14)8(12)9(15-3)5(2)7(4)11/h12H,1-3H3,(H,13,14). The molecule has 0 radical (unpaired) electrons. The van der Waals surface area contributed by atoms with Crippen molar-refractivity contribution in [2.45, 2.75) is 13.8 Å². The first-order chi connectivity index (χ1) is 6.91. The average Bonchev–Trinajstić information content (AvgIpc) is 2.15. The number of hydrogen-bond donors (Lipinski definition) is 2.